The number of carbonyl (C=O) groups is 2. The molecular weight excluding hydrogens is 367 g/mol. The topological polar surface area (TPSA) is 114 Å². The van der Waals surface area contributed by atoms with E-state index in [-0.39, 0.29) is 16.9 Å². The Hall–Kier alpha value is -4.08. The lowest BCUT2D eigenvalue weighted by atomic mass is 10.2. The number of rotatable bonds is 4. The highest BCUT2D eigenvalue weighted by Gasteiger charge is 2.23. The van der Waals surface area contributed by atoms with E-state index in [1.54, 1.807) is 0 Å². The predicted octanol–water partition coefficient (Wildman–Crippen LogP) is 2.22. The molecule has 1 aromatic carbocycles. The number of aryl methyl sites for hydroxylation is 1. The summed E-state index contributed by atoms with van der Waals surface area (Å²) in [5, 5.41) is 19.5. The number of carboxylic acids is 1. The lowest BCUT2D eigenvalue weighted by molar-refractivity contribution is 0.0692. The highest BCUT2D eigenvalue weighted by molar-refractivity contribution is 6.09. The van der Waals surface area contributed by atoms with Crippen molar-refractivity contribution in [2.45, 2.75) is 0 Å². The molecule has 0 atom stereocenters. The quantitative estimate of drug-likeness (QED) is 0.561. The van der Waals surface area contributed by atoms with Crippen LogP contribution in [0.3, 0.4) is 0 Å². The van der Waals surface area contributed by atoms with E-state index in [9.17, 15) is 19.1 Å². The monoisotopic (exact) mass is 380 g/mol. The van der Waals surface area contributed by atoms with E-state index in [1.807, 2.05) is 30.3 Å². The number of nitrogens with one attached hydrogen (secondary N) is 1. The van der Waals surface area contributed by atoms with Gasteiger partial charge < -0.3 is 10.4 Å². The van der Waals surface area contributed by atoms with Crippen LogP contribution in [0.1, 0.15) is 20.8 Å². The zero-order valence-corrected chi connectivity index (χ0v) is 14.5. The van der Waals surface area contributed by atoms with Crippen molar-refractivity contribution in [3.05, 3.63) is 65.9 Å². The van der Waals surface area contributed by atoms with Crippen LogP contribution in [-0.2, 0) is 7.05 Å². The van der Waals surface area contributed by atoms with Gasteiger partial charge in [-0.1, -0.05) is 30.3 Å². The van der Waals surface area contributed by atoms with Gasteiger partial charge in [-0.3, -0.25) is 9.48 Å². The van der Waals surface area contributed by atoms with E-state index in [1.165, 1.54) is 17.6 Å². The number of nitrogens with zero attached hydrogens (tertiary/aromatic N) is 5. The molecule has 0 aliphatic carbocycles. The average Bonchev–Trinajstić information content (AvgIpc) is 3.26. The molecule has 9 nitrogen and oxygen atoms in total. The number of halogens is 1. The molecule has 0 saturated carbocycles. The second kappa shape index (κ2) is 6.58. The lowest BCUT2D eigenvalue weighted by Crippen LogP contribution is -2.20. The van der Waals surface area contributed by atoms with Gasteiger partial charge in [-0.05, 0) is 0 Å². The third-order valence-electron chi connectivity index (χ3n) is 4.09. The number of carboxylic acid groups (broad SMARTS) is 1. The maximum absolute atomic E-state index is 14.5. The number of amides is 1. The first-order chi connectivity index (χ1) is 13.4. The van der Waals surface area contributed by atoms with Gasteiger partial charge >= 0.3 is 5.97 Å². The molecule has 28 heavy (non-hydrogen) atoms. The SMILES string of the molecule is Cn1ncc(C(=O)O)c1C(=O)Nc1cc2nc(-c3ccccc3)nn2cc1F. The summed E-state index contributed by atoms with van der Waals surface area (Å²) in [6.45, 7) is 0. The fourth-order valence-corrected chi connectivity index (χ4v) is 2.75. The maximum atomic E-state index is 14.5. The van der Waals surface area contributed by atoms with Gasteiger partial charge in [0.05, 0.1) is 18.1 Å². The molecule has 0 radical (unpaired) electrons. The molecule has 2 N–H and O–H groups in total. The molecule has 10 heteroatoms. The third-order valence-corrected chi connectivity index (χ3v) is 4.09. The Morgan fingerprint density at radius 3 is 2.68 bits per heavy atom. The van der Waals surface area contributed by atoms with Crippen LogP contribution in [0.15, 0.2) is 48.8 Å². The number of hydrogen-bond acceptors (Lipinski definition) is 5. The molecular formula is C18H13FN6O3. The van der Waals surface area contributed by atoms with Crippen molar-refractivity contribution in [2.24, 2.45) is 7.05 Å². The summed E-state index contributed by atoms with van der Waals surface area (Å²) >= 11 is 0. The second-order valence-electron chi connectivity index (χ2n) is 5.93. The summed E-state index contributed by atoms with van der Waals surface area (Å²) in [6.07, 6.45) is 2.15. The smallest absolute Gasteiger partial charge is 0.339 e. The number of benzene rings is 1. The van der Waals surface area contributed by atoms with Gasteiger partial charge in [0.25, 0.3) is 5.91 Å². The molecule has 0 bridgehead atoms. The summed E-state index contributed by atoms with van der Waals surface area (Å²) in [6, 6.07) is 10.5. The van der Waals surface area contributed by atoms with Gasteiger partial charge in [0.2, 0.25) is 0 Å². The van der Waals surface area contributed by atoms with E-state index in [0.717, 1.165) is 22.6 Å². The largest absolute Gasteiger partial charge is 0.478 e. The summed E-state index contributed by atoms with van der Waals surface area (Å²) < 4.78 is 16.8. The maximum Gasteiger partial charge on any atom is 0.339 e. The van der Waals surface area contributed by atoms with Crippen LogP contribution >= 0.6 is 0 Å². The van der Waals surface area contributed by atoms with Crippen LogP contribution in [0.4, 0.5) is 10.1 Å². The van der Waals surface area contributed by atoms with Crippen LogP contribution in [0, 0.1) is 5.82 Å². The molecule has 3 aromatic heterocycles. The Bertz CT molecular complexity index is 1220. The van der Waals surface area contributed by atoms with Gasteiger partial charge in [-0.2, -0.15) is 5.10 Å². The Morgan fingerprint density at radius 2 is 1.96 bits per heavy atom. The van der Waals surface area contributed by atoms with E-state index < -0.39 is 17.7 Å². The number of aromatic nitrogens is 5. The minimum absolute atomic E-state index is 0.151. The second-order valence-corrected chi connectivity index (χ2v) is 5.93. The Balaban J connectivity index is 1.70. The zero-order valence-electron chi connectivity index (χ0n) is 14.5. The third kappa shape index (κ3) is 2.96. The van der Waals surface area contributed by atoms with Gasteiger partial charge in [-0.25, -0.2) is 18.7 Å². The molecule has 0 aliphatic heterocycles. The van der Waals surface area contributed by atoms with Crippen LogP contribution in [0.5, 0.6) is 0 Å². The lowest BCUT2D eigenvalue weighted by Gasteiger charge is -2.07. The Kier molecular flexibility index (Phi) is 4.07. The summed E-state index contributed by atoms with van der Waals surface area (Å²) in [7, 11) is 1.42. The molecule has 1 amide bonds. The van der Waals surface area contributed by atoms with E-state index in [4.69, 9.17) is 0 Å². The standard InChI is InChI=1S/C18H13FN6O3/c1-24-15(11(8-20-24)18(27)28)17(26)21-13-7-14-22-16(10-5-3-2-4-6-10)23-25(14)9-12(13)19/h2-9H,1H3,(H,21,26)(H,27,28). The minimum Gasteiger partial charge on any atom is -0.478 e. The molecule has 0 aliphatic rings. The highest BCUT2D eigenvalue weighted by Crippen LogP contribution is 2.21. The minimum atomic E-state index is -1.31. The first-order valence-electron chi connectivity index (χ1n) is 8.12. The fourth-order valence-electron chi connectivity index (χ4n) is 2.75. The van der Waals surface area contributed by atoms with Gasteiger partial charge in [0.1, 0.15) is 11.3 Å². The molecule has 0 spiro atoms. The molecule has 0 fully saturated rings. The number of hydrogen-bond donors (Lipinski definition) is 2. The normalized spacial score (nSPS) is 10.9. The molecule has 3 heterocycles. The van der Waals surface area contributed by atoms with Crippen LogP contribution in [-0.4, -0.2) is 41.4 Å². The van der Waals surface area contributed by atoms with Crippen LogP contribution in [0.2, 0.25) is 0 Å². The van der Waals surface area contributed by atoms with E-state index >= 15 is 0 Å². The van der Waals surface area contributed by atoms with Crippen molar-refractivity contribution in [1.29, 1.82) is 0 Å². The van der Waals surface area contributed by atoms with Crippen molar-refractivity contribution < 1.29 is 19.1 Å². The molecule has 0 unspecified atom stereocenters. The van der Waals surface area contributed by atoms with E-state index in [0.29, 0.717) is 11.5 Å². The van der Waals surface area contributed by atoms with Crippen molar-refractivity contribution in [1.82, 2.24) is 24.4 Å². The molecule has 4 aromatic rings. The highest BCUT2D eigenvalue weighted by atomic mass is 19.1. The number of anilines is 1. The first-order valence-corrected chi connectivity index (χ1v) is 8.12. The zero-order chi connectivity index (χ0) is 19.8. The van der Waals surface area contributed by atoms with Gasteiger partial charge in [-0.15, -0.1) is 5.10 Å². The number of pyridine rings is 1. The van der Waals surface area contributed by atoms with Crippen molar-refractivity contribution in [3.8, 4) is 11.4 Å². The van der Waals surface area contributed by atoms with Crippen LogP contribution < -0.4 is 5.32 Å². The molecule has 0 saturated heterocycles. The van der Waals surface area contributed by atoms with Gasteiger partial charge in [0, 0.05) is 18.7 Å². The fraction of sp³-hybridized carbons (Fsp3) is 0.0556. The summed E-state index contributed by atoms with van der Waals surface area (Å²) in [5.74, 6) is -2.45. The van der Waals surface area contributed by atoms with Crippen molar-refractivity contribution >= 4 is 23.2 Å². The molecule has 140 valence electrons. The Morgan fingerprint density at radius 1 is 1.21 bits per heavy atom. The van der Waals surface area contributed by atoms with E-state index in [2.05, 4.69) is 20.5 Å². The molecule has 4 rings (SSSR count). The Labute approximate surface area is 157 Å². The number of carbonyl (C=O) groups excluding carboxylic acids is 1. The summed E-state index contributed by atoms with van der Waals surface area (Å²) in [5.41, 5.74) is 0.452. The van der Waals surface area contributed by atoms with Crippen molar-refractivity contribution in [3.63, 3.8) is 0 Å². The predicted molar refractivity (Wildman–Crippen MR) is 96.5 cm³/mol. The van der Waals surface area contributed by atoms with Gasteiger partial charge in [0.15, 0.2) is 17.3 Å². The average molecular weight is 380 g/mol. The first kappa shape index (κ1) is 17.3. The summed E-state index contributed by atoms with van der Waals surface area (Å²) in [4.78, 5) is 28.1. The number of fused-ring (bicyclic) bond motifs is 1. The van der Waals surface area contributed by atoms with Crippen molar-refractivity contribution in [2.75, 3.05) is 5.32 Å². The number of aromatic carboxylic acids is 1. The van der Waals surface area contributed by atoms with Crippen LogP contribution in [0.25, 0.3) is 17.0 Å².